The number of aromatic nitrogens is 2. The van der Waals surface area contributed by atoms with Crippen LogP contribution in [0.15, 0.2) is 54.7 Å². The third kappa shape index (κ3) is 2.52. The number of anilines is 1. The molecule has 0 unspecified atom stereocenters. The highest BCUT2D eigenvalue weighted by molar-refractivity contribution is 5.98. The molecule has 3 aromatic rings. The molecule has 1 fully saturated rings. The summed E-state index contributed by atoms with van der Waals surface area (Å²) in [5, 5.41) is 1.11. The van der Waals surface area contributed by atoms with Crippen LogP contribution in [0.1, 0.15) is 10.5 Å². The fraction of sp³-hybridized carbons (Fsp3) is 0.263. The number of piperazine rings is 1. The second kappa shape index (κ2) is 6.00. The molecule has 1 amide bonds. The van der Waals surface area contributed by atoms with Gasteiger partial charge in [-0.15, -0.1) is 0 Å². The number of para-hydroxylation sites is 1. The third-order valence-electron chi connectivity index (χ3n) is 4.71. The van der Waals surface area contributed by atoms with Gasteiger partial charge in [-0.3, -0.25) is 4.79 Å². The SMILES string of the molecule is Cn1c(C(=O)N2CCN(c3ccccn3)CC2)cc2ccccc21. The molecule has 1 aromatic carbocycles. The fourth-order valence-electron chi connectivity index (χ4n) is 3.34. The summed E-state index contributed by atoms with van der Waals surface area (Å²) in [6.07, 6.45) is 1.81. The average Bonchev–Trinajstić information content (AvgIpc) is 2.99. The summed E-state index contributed by atoms with van der Waals surface area (Å²) >= 11 is 0. The molecule has 5 nitrogen and oxygen atoms in total. The van der Waals surface area contributed by atoms with Gasteiger partial charge in [0.25, 0.3) is 5.91 Å². The van der Waals surface area contributed by atoms with Crippen molar-refractivity contribution >= 4 is 22.6 Å². The van der Waals surface area contributed by atoms with Crippen molar-refractivity contribution in [1.82, 2.24) is 14.5 Å². The number of carbonyl (C=O) groups is 1. The van der Waals surface area contributed by atoms with Gasteiger partial charge >= 0.3 is 0 Å². The molecule has 24 heavy (non-hydrogen) atoms. The van der Waals surface area contributed by atoms with E-state index in [4.69, 9.17) is 0 Å². The molecular formula is C19H20N4O. The Bertz CT molecular complexity index is 863. The van der Waals surface area contributed by atoms with Crippen molar-refractivity contribution in [3.05, 3.63) is 60.4 Å². The van der Waals surface area contributed by atoms with Gasteiger partial charge in [0.2, 0.25) is 0 Å². The van der Waals surface area contributed by atoms with Crippen LogP contribution in [0.4, 0.5) is 5.82 Å². The smallest absolute Gasteiger partial charge is 0.270 e. The minimum atomic E-state index is 0.106. The summed E-state index contributed by atoms with van der Waals surface area (Å²) < 4.78 is 1.99. The van der Waals surface area contributed by atoms with E-state index in [0.29, 0.717) is 0 Å². The molecule has 122 valence electrons. The summed E-state index contributed by atoms with van der Waals surface area (Å²) in [6.45, 7) is 3.06. The van der Waals surface area contributed by atoms with Crippen LogP contribution in [-0.4, -0.2) is 46.5 Å². The first kappa shape index (κ1) is 14.8. The molecule has 2 aromatic heterocycles. The van der Waals surface area contributed by atoms with E-state index in [-0.39, 0.29) is 5.91 Å². The molecule has 1 saturated heterocycles. The maximum atomic E-state index is 12.9. The molecular weight excluding hydrogens is 300 g/mol. The van der Waals surface area contributed by atoms with E-state index < -0.39 is 0 Å². The van der Waals surface area contributed by atoms with E-state index in [1.807, 2.05) is 71.2 Å². The summed E-state index contributed by atoms with van der Waals surface area (Å²) in [4.78, 5) is 21.5. The van der Waals surface area contributed by atoms with Gasteiger partial charge in [-0.25, -0.2) is 4.98 Å². The first-order valence-corrected chi connectivity index (χ1v) is 8.24. The first-order chi connectivity index (χ1) is 11.7. The monoisotopic (exact) mass is 320 g/mol. The lowest BCUT2D eigenvalue weighted by atomic mass is 10.2. The molecule has 0 saturated carbocycles. The number of amides is 1. The van der Waals surface area contributed by atoms with Crippen molar-refractivity contribution in [2.24, 2.45) is 7.05 Å². The zero-order valence-electron chi connectivity index (χ0n) is 13.7. The summed E-state index contributed by atoms with van der Waals surface area (Å²) in [5.41, 5.74) is 1.84. The van der Waals surface area contributed by atoms with Crippen LogP contribution >= 0.6 is 0 Å². The molecule has 0 radical (unpaired) electrons. The average molecular weight is 320 g/mol. The van der Waals surface area contributed by atoms with E-state index in [0.717, 1.165) is 48.6 Å². The molecule has 0 atom stereocenters. The third-order valence-corrected chi connectivity index (χ3v) is 4.71. The number of nitrogens with zero attached hydrogens (tertiary/aromatic N) is 4. The summed E-state index contributed by atoms with van der Waals surface area (Å²) in [7, 11) is 1.96. The van der Waals surface area contributed by atoms with Gasteiger partial charge in [0.05, 0.1) is 0 Å². The molecule has 5 heteroatoms. The number of rotatable bonds is 2. The Morgan fingerprint density at radius 3 is 2.46 bits per heavy atom. The van der Waals surface area contributed by atoms with Crippen molar-refractivity contribution in [3.63, 3.8) is 0 Å². The highest BCUT2D eigenvalue weighted by atomic mass is 16.2. The lowest BCUT2D eigenvalue weighted by molar-refractivity contribution is 0.0737. The van der Waals surface area contributed by atoms with Crippen LogP contribution in [0.5, 0.6) is 0 Å². The minimum absolute atomic E-state index is 0.106. The van der Waals surface area contributed by atoms with Crippen molar-refractivity contribution in [1.29, 1.82) is 0 Å². The molecule has 0 aliphatic carbocycles. The maximum absolute atomic E-state index is 12.9. The van der Waals surface area contributed by atoms with Gasteiger partial charge in [-0.05, 0) is 24.3 Å². The lowest BCUT2D eigenvalue weighted by Gasteiger charge is -2.35. The van der Waals surface area contributed by atoms with E-state index >= 15 is 0 Å². The van der Waals surface area contributed by atoms with Crippen LogP contribution in [-0.2, 0) is 7.05 Å². The lowest BCUT2D eigenvalue weighted by Crippen LogP contribution is -2.49. The second-order valence-electron chi connectivity index (χ2n) is 6.11. The van der Waals surface area contributed by atoms with Crippen molar-refractivity contribution < 1.29 is 4.79 Å². The van der Waals surface area contributed by atoms with Crippen molar-refractivity contribution in [2.75, 3.05) is 31.1 Å². The number of fused-ring (bicyclic) bond motifs is 1. The van der Waals surface area contributed by atoms with Gasteiger partial charge in [-0.2, -0.15) is 0 Å². The van der Waals surface area contributed by atoms with Gasteiger partial charge < -0.3 is 14.4 Å². The van der Waals surface area contributed by atoms with E-state index in [1.54, 1.807) is 0 Å². The van der Waals surface area contributed by atoms with Crippen LogP contribution in [0.2, 0.25) is 0 Å². The Labute approximate surface area is 141 Å². The Balaban J connectivity index is 1.51. The maximum Gasteiger partial charge on any atom is 0.270 e. The van der Waals surface area contributed by atoms with Crippen LogP contribution in [0.25, 0.3) is 10.9 Å². The largest absolute Gasteiger partial charge is 0.353 e. The summed E-state index contributed by atoms with van der Waals surface area (Å²) in [6, 6.07) is 16.0. The Morgan fingerprint density at radius 1 is 1.00 bits per heavy atom. The number of benzene rings is 1. The van der Waals surface area contributed by atoms with Crippen molar-refractivity contribution in [2.45, 2.75) is 0 Å². The Hall–Kier alpha value is -2.82. The number of hydrogen-bond donors (Lipinski definition) is 0. The topological polar surface area (TPSA) is 41.4 Å². The molecule has 0 N–H and O–H groups in total. The first-order valence-electron chi connectivity index (χ1n) is 8.24. The molecule has 4 rings (SSSR count). The Morgan fingerprint density at radius 2 is 1.75 bits per heavy atom. The zero-order chi connectivity index (χ0) is 16.5. The van der Waals surface area contributed by atoms with Gasteiger partial charge in [-0.1, -0.05) is 24.3 Å². The number of hydrogen-bond acceptors (Lipinski definition) is 3. The predicted molar refractivity (Wildman–Crippen MR) is 95.3 cm³/mol. The van der Waals surface area contributed by atoms with Gasteiger partial charge in [0.1, 0.15) is 11.5 Å². The Kier molecular flexibility index (Phi) is 3.69. The number of pyridine rings is 1. The van der Waals surface area contributed by atoms with E-state index in [1.165, 1.54) is 0 Å². The number of carbonyl (C=O) groups excluding carboxylic acids is 1. The summed E-state index contributed by atoms with van der Waals surface area (Å²) in [5.74, 6) is 1.09. The van der Waals surface area contributed by atoms with Crippen LogP contribution in [0, 0.1) is 0 Å². The molecule has 0 bridgehead atoms. The highest BCUT2D eigenvalue weighted by Gasteiger charge is 2.24. The van der Waals surface area contributed by atoms with Gasteiger partial charge in [0, 0.05) is 50.3 Å². The van der Waals surface area contributed by atoms with Gasteiger partial charge in [0.15, 0.2) is 0 Å². The minimum Gasteiger partial charge on any atom is -0.353 e. The van der Waals surface area contributed by atoms with Crippen LogP contribution in [0.3, 0.4) is 0 Å². The van der Waals surface area contributed by atoms with Crippen LogP contribution < -0.4 is 4.90 Å². The quantitative estimate of drug-likeness (QED) is 0.728. The molecule has 1 aliphatic heterocycles. The molecule has 1 aliphatic rings. The fourth-order valence-corrected chi connectivity index (χ4v) is 3.34. The second-order valence-corrected chi connectivity index (χ2v) is 6.11. The van der Waals surface area contributed by atoms with E-state index in [2.05, 4.69) is 9.88 Å². The molecule has 0 spiro atoms. The standard InChI is InChI=1S/C19H20N4O/c1-21-16-7-3-2-6-15(16)14-17(21)19(24)23-12-10-22(11-13-23)18-8-4-5-9-20-18/h2-9,14H,10-13H2,1H3. The highest BCUT2D eigenvalue weighted by Crippen LogP contribution is 2.21. The molecule has 3 heterocycles. The number of aryl methyl sites for hydroxylation is 1. The zero-order valence-corrected chi connectivity index (χ0v) is 13.7. The van der Waals surface area contributed by atoms with Crippen molar-refractivity contribution in [3.8, 4) is 0 Å². The predicted octanol–water partition coefficient (Wildman–Crippen LogP) is 2.54. The van der Waals surface area contributed by atoms with E-state index in [9.17, 15) is 4.79 Å². The normalized spacial score (nSPS) is 15.0.